The van der Waals surface area contributed by atoms with Crippen LogP contribution in [0, 0.1) is 0 Å². The summed E-state index contributed by atoms with van der Waals surface area (Å²) in [6, 6.07) is 0. The van der Waals surface area contributed by atoms with Crippen LogP contribution in [-0.4, -0.2) is 15.5 Å². The van der Waals surface area contributed by atoms with E-state index in [0.29, 0.717) is 6.54 Å². The van der Waals surface area contributed by atoms with Gasteiger partial charge in [-0.15, -0.1) is 11.3 Å². The first kappa shape index (κ1) is 13.8. The van der Waals surface area contributed by atoms with Crippen molar-refractivity contribution in [1.82, 2.24) is 15.3 Å². The van der Waals surface area contributed by atoms with Crippen LogP contribution in [-0.2, 0) is 19.4 Å². The molecule has 1 aliphatic carbocycles. The zero-order valence-corrected chi connectivity index (χ0v) is 13.1. The van der Waals surface area contributed by atoms with Crippen LogP contribution >= 0.6 is 11.3 Å². The zero-order valence-electron chi connectivity index (χ0n) is 12.3. The standard InChI is InChI=1S/C15H21N3OS/c1-15(2,3)16-8-11-17-13(19)12-9-6-4-5-7-10(9)20-14(12)18-11/h16H,4-8H2,1-3H3,(H,17,18,19). The van der Waals surface area contributed by atoms with Crippen molar-refractivity contribution < 1.29 is 0 Å². The number of hydrogen-bond acceptors (Lipinski definition) is 4. The fourth-order valence-electron chi connectivity index (χ4n) is 2.64. The second kappa shape index (κ2) is 4.97. The number of thiophene rings is 1. The van der Waals surface area contributed by atoms with Gasteiger partial charge in [0.05, 0.1) is 11.9 Å². The summed E-state index contributed by atoms with van der Waals surface area (Å²) in [6.45, 7) is 6.91. The van der Waals surface area contributed by atoms with E-state index in [9.17, 15) is 4.79 Å². The minimum absolute atomic E-state index is 0.0161. The molecular weight excluding hydrogens is 270 g/mol. The second-order valence-electron chi connectivity index (χ2n) is 6.51. The Morgan fingerprint density at radius 2 is 2.05 bits per heavy atom. The molecule has 2 aromatic rings. The van der Waals surface area contributed by atoms with Crippen LogP contribution in [0.1, 0.15) is 49.9 Å². The highest BCUT2D eigenvalue weighted by Gasteiger charge is 2.20. The van der Waals surface area contributed by atoms with Gasteiger partial charge in [0, 0.05) is 10.4 Å². The predicted molar refractivity (Wildman–Crippen MR) is 83.5 cm³/mol. The molecule has 0 atom stereocenters. The first-order chi connectivity index (χ1) is 9.44. The fraction of sp³-hybridized carbons (Fsp3) is 0.600. The summed E-state index contributed by atoms with van der Waals surface area (Å²) in [5, 5.41) is 4.20. The van der Waals surface area contributed by atoms with Crippen molar-refractivity contribution in [2.45, 2.75) is 58.5 Å². The number of aromatic nitrogens is 2. The van der Waals surface area contributed by atoms with Crippen LogP contribution in [0.3, 0.4) is 0 Å². The van der Waals surface area contributed by atoms with Gasteiger partial charge in [-0.1, -0.05) is 0 Å². The van der Waals surface area contributed by atoms with Crippen molar-refractivity contribution in [2.24, 2.45) is 0 Å². The van der Waals surface area contributed by atoms with Crippen molar-refractivity contribution in [3.8, 4) is 0 Å². The van der Waals surface area contributed by atoms with Gasteiger partial charge in [-0.25, -0.2) is 4.98 Å². The van der Waals surface area contributed by atoms with Gasteiger partial charge < -0.3 is 10.3 Å². The Bertz CT molecular complexity index is 693. The van der Waals surface area contributed by atoms with Gasteiger partial charge in [-0.3, -0.25) is 4.79 Å². The van der Waals surface area contributed by atoms with Crippen molar-refractivity contribution in [3.63, 3.8) is 0 Å². The number of nitrogens with one attached hydrogen (secondary N) is 2. The van der Waals surface area contributed by atoms with E-state index in [2.05, 4.69) is 36.1 Å². The third kappa shape index (κ3) is 2.65. The number of nitrogens with zero attached hydrogens (tertiary/aromatic N) is 1. The maximum Gasteiger partial charge on any atom is 0.259 e. The van der Waals surface area contributed by atoms with Crippen molar-refractivity contribution in [3.05, 3.63) is 26.6 Å². The summed E-state index contributed by atoms with van der Waals surface area (Å²) in [6.07, 6.45) is 4.55. The van der Waals surface area contributed by atoms with E-state index in [4.69, 9.17) is 0 Å². The van der Waals surface area contributed by atoms with Crippen LogP contribution in [0.4, 0.5) is 0 Å². The van der Waals surface area contributed by atoms with E-state index in [1.54, 1.807) is 11.3 Å². The molecule has 0 radical (unpaired) electrons. The van der Waals surface area contributed by atoms with Gasteiger partial charge in [0.2, 0.25) is 0 Å². The SMILES string of the molecule is CC(C)(C)NCc1nc2sc3c(c2c(=O)[nH]1)CCCC3. The summed E-state index contributed by atoms with van der Waals surface area (Å²) in [4.78, 5) is 22.2. The lowest BCUT2D eigenvalue weighted by atomic mass is 9.97. The summed E-state index contributed by atoms with van der Waals surface area (Å²) in [5.74, 6) is 0.732. The maximum absolute atomic E-state index is 12.3. The molecule has 3 rings (SSSR count). The first-order valence-corrected chi connectivity index (χ1v) is 8.04. The third-order valence-electron chi connectivity index (χ3n) is 3.66. The van der Waals surface area contributed by atoms with Crippen LogP contribution in [0.25, 0.3) is 10.2 Å². The largest absolute Gasteiger partial charge is 0.309 e. The molecule has 2 heterocycles. The molecule has 0 spiro atoms. The van der Waals surface area contributed by atoms with E-state index >= 15 is 0 Å². The summed E-state index contributed by atoms with van der Waals surface area (Å²) < 4.78 is 0. The summed E-state index contributed by atoms with van der Waals surface area (Å²) >= 11 is 1.70. The van der Waals surface area contributed by atoms with Crippen LogP contribution in [0.15, 0.2) is 4.79 Å². The molecule has 2 aromatic heterocycles. The highest BCUT2D eigenvalue weighted by Crippen LogP contribution is 2.33. The molecule has 0 bridgehead atoms. The Kier molecular flexibility index (Phi) is 3.42. The van der Waals surface area contributed by atoms with Gasteiger partial charge in [0.1, 0.15) is 10.7 Å². The molecule has 0 amide bonds. The van der Waals surface area contributed by atoms with Crippen LogP contribution < -0.4 is 10.9 Å². The van der Waals surface area contributed by atoms with E-state index in [0.717, 1.165) is 28.9 Å². The second-order valence-corrected chi connectivity index (χ2v) is 7.59. The van der Waals surface area contributed by atoms with Crippen molar-refractivity contribution >= 4 is 21.6 Å². The lowest BCUT2D eigenvalue weighted by Crippen LogP contribution is -2.36. The molecule has 2 N–H and O–H groups in total. The molecular formula is C15H21N3OS. The average Bonchev–Trinajstić information content (AvgIpc) is 2.74. The Hall–Kier alpha value is -1.20. The van der Waals surface area contributed by atoms with Gasteiger partial charge >= 0.3 is 0 Å². The number of hydrogen-bond donors (Lipinski definition) is 2. The van der Waals surface area contributed by atoms with Crippen molar-refractivity contribution in [1.29, 1.82) is 0 Å². The quantitative estimate of drug-likeness (QED) is 0.894. The van der Waals surface area contributed by atoms with Gasteiger partial charge in [-0.2, -0.15) is 0 Å². The van der Waals surface area contributed by atoms with Gasteiger partial charge in [0.15, 0.2) is 0 Å². The van der Waals surface area contributed by atoms with Crippen molar-refractivity contribution in [2.75, 3.05) is 0 Å². The molecule has 0 saturated heterocycles. The minimum Gasteiger partial charge on any atom is -0.309 e. The number of H-pyrrole nitrogens is 1. The zero-order chi connectivity index (χ0) is 14.3. The molecule has 108 valence electrons. The van der Waals surface area contributed by atoms with Crippen LogP contribution in [0.5, 0.6) is 0 Å². The molecule has 0 aliphatic heterocycles. The third-order valence-corrected chi connectivity index (χ3v) is 4.85. The molecule has 5 heteroatoms. The number of aryl methyl sites for hydroxylation is 2. The highest BCUT2D eigenvalue weighted by molar-refractivity contribution is 7.18. The normalized spacial score (nSPS) is 15.6. The number of aromatic amines is 1. The number of rotatable bonds is 2. The average molecular weight is 291 g/mol. The maximum atomic E-state index is 12.3. The van der Waals surface area contributed by atoms with Gasteiger partial charge in [-0.05, 0) is 52.0 Å². The number of fused-ring (bicyclic) bond motifs is 3. The molecule has 0 fully saturated rings. The summed E-state index contributed by atoms with van der Waals surface area (Å²) in [5.41, 5.74) is 1.29. The fourth-order valence-corrected chi connectivity index (χ4v) is 3.92. The van der Waals surface area contributed by atoms with E-state index < -0.39 is 0 Å². The molecule has 0 unspecified atom stereocenters. The molecule has 1 aliphatic rings. The Labute approximate surface area is 122 Å². The molecule has 0 aromatic carbocycles. The lowest BCUT2D eigenvalue weighted by molar-refractivity contribution is 0.418. The van der Waals surface area contributed by atoms with E-state index in [1.807, 2.05) is 0 Å². The molecule has 20 heavy (non-hydrogen) atoms. The smallest absolute Gasteiger partial charge is 0.259 e. The topological polar surface area (TPSA) is 57.8 Å². The molecule has 4 nitrogen and oxygen atoms in total. The van der Waals surface area contributed by atoms with E-state index in [1.165, 1.54) is 23.3 Å². The predicted octanol–water partition coefficient (Wildman–Crippen LogP) is 2.75. The lowest BCUT2D eigenvalue weighted by Gasteiger charge is -2.19. The summed E-state index contributed by atoms with van der Waals surface area (Å²) in [7, 11) is 0. The Morgan fingerprint density at radius 1 is 1.30 bits per heavy atom. The van der Waals surface area contributed by atoms with Gasteiger partial charge in [0.25, 0.3) is 5.56 Å². The van der Waals surface area contributed by atoms with Crippen LogP contribution in [0.2, 0.25) is 0 Å². The Balaban J connectivity index is 2.00. The first-order valence-electron chi connectivity index (χ1n) is 7.22. The monoisotopic (exact) mass is 291 g/mol. The Morgan fingerprint density at radius 3 is 2.80 bits per heavy atom. The highest BCUT2D eigenvalue weighted by atomic mass is 32.1. The minimum atomic E-state index is 0.0161. The van der Waals surface area contributed by atoms with E-state index in [-0.39, 0.29) is 11.1 Å². The molecule has 0 saturated carbocycles.